The van der Waals surface area contributed by atoms with E-state index in [-0.39, 0.29) is 11.4 Å². The Bertz CT molecular complexity index is 650. The highest BCUT2D eigenvalue weighted by Gasteiger charge is 2.14. The third-order valence-corrected chi connectivity index (χ3v) is 3.16. The summed E-state index contributed by atoms with van der Waals surface area (Å²) < 4.78 is 26.5. The molecule has 0 saturated carbocycles. The highest BCUT2D eigenvalue weighted by Crippen LogP contribution is 2.24. The normalized spacial score (nSPS) is 10.3. The van der Waals surface area contributed by atoms with Crippen LogP contribution in [-0.2, 0) is 0 Å². The van der Waals surface area contributed by atoms with Crippen LogP contribution in [-0.4, -0.2) is 16.1 Å². The number of aromatic carboxylic acids is 1. The zero-order chi connectivity index (χ0) is 14.0. The van der Waals surface area contributed by atoms with Gasteiger partial charge < -0.3 is 10.4 Å². The first kappa shape index (κ1) is 13.7. The van der Waals surface area contributed by atoms with Crippen molar-refractivity contribution in [3.05, 3.63) is 51.2 Å². The van der Waals surface area contributed by atoms with Gasteiger partial charge in [-0.2, -0.15) is 0 Å². The quantitative estimate of drug-likeness (QED) is 0.807. The largest absolute Gasteiger partial charge is 0.478 e. The van der Waals surface area contributed by atoms with E-state index >= 15 is 0 Å². The Kier molecular flexibility index (Phi) is 3.93. The van der Waals surface area contributed by atoms with Gasteiger partial charge in [0.05, 0.1) is 11.9 Å². The number of aromatic nitrogens is 1. The van der Waals surface area contributed by atoms with Crippen LogP contribution in [0.4, 0.5) is 20.3 Å². The van der Waals surface area contributed by atoms with Crippen LogP contribution in [0.3, 0.4) is 0 Å². The minimum absolute atomic E-state index is 0.00146. The zero-order valence-corrected chi connectivity index (χ0v) is 11.5. The molecule has 1 heterocycles. The molecule has 2 rings (SSSR count). The molecule has 0 bridgehead atoms. The second-order valence-electron chi connectivity index (χ2n) is 3.60. The van der Waals surface area contributed by atoms with Gasteiger partial charge in [0.1, 0.15) is 23.0 Å². The first-order valence-electron chi connectivity index (χ1n) is 5.08. The number of carbonyl (C=O) groups is 1. The van der Waals surface area contributed by atoms with E-state index < -0.39 is 17.6 Å². The first-order chi connectivity index (χ1) is 8.97. The van der Waals surface area contributed by atoms with E-state index in [1.54, 1.807) is 0 Å². The highest BCUT2D eigenvalue weighted by atomic mass is 127. The second kappa shape index (κ2) is 5.47. The molecule has 98 valence electrons. The van der Waals surface area contributed by atoms with Gasteiger partial charge in [0.25, 0.3) is 0 Å². The molecule has 0 spiro atoms. The molecule has 0 amide bonds. The number of carboxylic acids is 1. The maximum Gasteiger partial charge on any atom is 0.339 e. The van der Waals surface area contributed by atoms with Crippen LogP contribution in [0.1, 0.15) is 10.4 Å². The van der Waals surface area contributed by atoms with E-state index in [2.05, 4.69) is 10.3 Å². The van der Waals surface area contributed by atoms with E-state index in [9.17, 15) is 13.6 Å². The van der Waals surface area contributed by atoms with Crippen molar-refractivity contribution in [3.8, 4) is 0 Å². The Morgan fingerprint density at radius 1 is 1.26 bits per heavy atom. The lowest BCUT2D eigenvalue weighted by Crippen LogP contribution is -2.06. The number of pyridine rings is 1. The summed E-state index contributed by atoms with van der Waals surface area (Å²) in [6.45, 7) is 0. The fourth-order valence-corrected chi connectivity index (χ4v) is 2.03. The van der Waals surface area contributed by atoms with Gasteiger partial charge in [-0.15, -0.1) is 0 Å². The van der Waals surface area contributed by atoms with Gasteiger partial charge in [0, 0.05) is 3.57 Å². The lowest BCUT2D eigenvalue weighted by Gasteiger charge is -2.10. The van der Waals surface area contributed by atoms with Crippen molar-refractivity contribution in [3.63, 3.8) is 0 Å². The van der Waals surface area contributed by atoms with Crippen LogP contribution in [0, 0.1) is 15.2 Å². The van der Waals surface area contributed by atoms with Crippen LogP contribution >= 0.6 is 22.6 Å². The summed E-state index contributed by atoms with van der Waals surface area (Å²) in [6, 6.07) is 4.84. The van der Waals surface area contributed by atoms with E-state index in [0.717, 1.165) is 12.3 Å². The zero-order valence-electron chi connectivity index (χ0n) is 9.32. The fourth-order valence-electron chi connectivity index (χ4n) is 1.42. The summed E-state index contributed by atoms with van der Waals surface area (Å²) in [7, 11) is 0. The molecule has 0 atom stereocenters. The van der Waals surface area contributed by atoms with Crippen LogP contribution in [0.5, 0.6) is 0 Å². The molecule has 0 unspecified atom stereocenters. The number of carboxylic acid groups (broad SMARTS) is 1. The topological polar surface area (TPSA) is 62.2 Å². The molecule has 0 aliphatic carbocycles. The Morgan fingerprint density at radius 2 is 2.00 bits per heavy atom. The van der Waals surface area contributed by atoms with Crippen molar-refractivity contribution in [2.24, 2.45) is 0 Å². The number of hydrogen-bond acceptors (Lipinski definition) is 3. The molecule has 2 N–H and O–H groups in total. The van der Waals surface area contributed by atoms with Crippen molar-refractivity contribution in [2.75, 3.05) is 5.32 Å². The highest BCUT2D eigenvalue weighted by molar-refractivity contribution is 14.1. The molecule has 7 heteroatoms. The Balaban J connectivity index is 2.40. The maximum absolute atomic E-state index is 13.0. The third-order valence-electron chi connectivity index (χ3n) is 2.27. The minimum atomic E-state index is -1.30. The minimum Gasteiger partial charge on any atom is -0.478 e. The maximum atomic E-state index is 13.0. The van der Waals surface area contributed by atoms with E-state index in [0.29, 0.717) is 9.26 Å². The molecular weight excluding hydrogens is 369 g/mol. The number of nitrogens with one attached hydrogen (secondary N) is 1. The van der Waals surface area contributed by atoms with Gasteiger partial charge in [0.15, 0.2) is 0 Å². The van der Waals surface area contributed by atoms with E-state index in [4.69, 9.17) is 5.11 Å². The predicted molar refractivity (Wildman–Crippen MR) is 73.6 cm³/mol. The summed E-state index contributed by atoms with van der Waals surface area (Å²) in [4.78, 5) is 14.7. The van der Waals surface area contributed by atoms with Crippen molar-refractivity contribution >= 4 is 40.1 Å². The van der Waals surface area contributed by atoms with Gasteiger partial charge in [-0.1, -0.05) is 0 Å². The summed E-state index contributed by atoms with van der Waals surface area (Å²) in [5.74, 6) is -2.44. The lowest BCUT2D eigenvalue weighted by molar-refractivity contribution is 0.0697. The molecule has 2 aromatic rings. The number of benzene rings is 1. The molecular formula is C12H7F2IN2O2. The van der Waals surface area contributed by atoms with Crippen LogP contribution < -0.4 is 5.32 Å². The Morgan fingerprint density at radius 3 is 2.63 bits per heavy atom. The standard InChI is InChI=1S/C12H7F2IN2O2/c13-6-1-2-10(9(15)4-6)17-11-8(12(18)19)3-7(14)5-16-11/h1-5H,(H,16,17)(H,18,19). The van der Waals surface area contributed by atoms with E-state index in [1.165, 1.54) is 18.2 Å². The summed E-state index contributed by atoms with van der Waals surface area (Å²) in [5, 5.41) is 11.7. The SMILES string of the molecule is O=C(O)c1cc(F)cnc1Nc1ccc(F)cc1I. The van der Waals surface area contributed by atoms with Crippen LogP contribution in [0.15, 0.2) is 30.5 Å². The monoisotopic (exact) mass is 376 g/mol. The van der Waals surface area contributed by atoms with Crippen molar-refractivity contribution < 1.29 is 18.7 Å². The number of halogens is 3. The third kappa shape index (κ3) is 3.16. The summed E-state index contributed by atoms with van der Waals surface area (Å²) >= 11 is 1.90. The number of hydrogen-bond donors (Lipinski definition) is 2. The molecule has 1 aromatic heterocycles. The fraction of sp³-hybridized carbons (Fsp3) is 0. The number of rotatable bonds is 3. The smallest absolute Gasteiger partial charge is 0.339 e. The summed E-state index contributed by atoms with van der Waals surface area (Å²) in [6.07, 6.45) is 0.908. The van der Waals surface area contributed by atoms with Gasteiger partial charge in [0.2, 0.25) is 0 Å². The van der Waals surface area contributed by atoms with Gasteiger partial charge in [-0.25, -0.2) is 18.6 Å². The second-order valence-corrected chi connectivity index (χ2v) is 4.77. The molecule has 19 heavy (non-hydrogen) atoms. The lowest BCUT2D eigenvalue weighted by atomic mass is 10.2. The predicted octanol–water partition coefficient (Wildman–Crippen LogP) is 3.41. The Hall–Kier alpha value is -1.77. The van der Waals surface area contributed by atoms with Crippen molar-refractivity contribution in [2.45, 2.75) is 0 Å². The molecule has 0 saturated heterocycles. The average Bonchev–Trinajstić information content (AvgIpc) is 2.34. The summed E-state index contributed by atoms with van der Waals surface area (Å²) in [5.41, 5.74) is 0.198. The van der Waals surface area contributed by atoms with Crippen LogP contribution in [0.2, 0.25) is 0 Å². The van der Waals surface area contributed by atoms with Gasteiger partial charge in [-0.3, -0.25) is 0 Å². The number of anilines is 2. The van der Waals surface area contributed by atoms with Crippen LogP contribution in [0.25, 0.3) is 0 Å². The molecule has 0 radical (unpaired) electrons. The molecule has 1 aromatic carbocycles. The molecule has 0 fully saturated rings. The molecule has 0 aliphatic rings. The first-order valence-corrected chi connectivity index (χ1v) is 6.16. The molecule has 0 aliphatic heterocycles. The Labute approximate surface area is 120 Å². The van der Waals surface area contributed by atoms with Gasteiger partial charge >= 0.3 is 5.97 Å². The molecule has 4 nitrogen and oxygen atoms in total. The number of nitrogens with zero attached hydrogens (tertiary/aromatic N) is 1. The van der Waals surface area contributed by atoms with E-state index in [1.807, 2.05) is 22.6 Å². The van der Waals surface area contributed by atoms with Crippen molar-refractivity contribution in [1.82, 2.24) is 4.98 Å². The van der Waals surface area contributed by atoms with Crippen molar-refractivity contribution in [1.29, 1.82) is 0 Å². The average molecular weight is 376 g/mol. The van der Waals surface area contributed by atoms with Gasteiger partial charge in [-0.05, 0) is 46.9 Å².